The lowest BCUT2D eigenvalue weighted by atomic mass is 10.3. The van der Waals surface area contributed by atoms with Crippen LogP contribution in [-0.2, 0) is 23.7 Å². The maximum atomic E-state index is 8.53. The Morgan fingerprint density at radius 1 is 0.708 bits per heavy atom. The van der Waals surface area contributed by atoms with Gasteiger partial charge in [0.25, 0.3) is 0 Å². The van der Waals surface area contributed by atoms with Crippen molar-refractivity contribution < 1.29 is 28.8 Å². The van der Waals surface area contributed by atoms with Gasteiger partial charge in [-0.2, -0.15) is 0 Å². The third-order valence-corrected chi connectivity index (χ3v) is 3.08. The van der Waals surface area contributed by atoms with Gasteiger partial charge in [-0.15, -0.1) is 0 Å². The highest BCUT2D eigenvalue weighted by Gasteiger charge is 2.02. The zero-order valence-corrected chi connectivity index (χ0v) is 15.6. The van der Waals surface area contributed by atoms with Gasteiger partial charge in [0.1, 0.15) is 0 Å². The minimum absolute atomic E-state index is 0.0458. The van der Waals surface area contributed by atoms with Gasteiger partial charge in [-0.05, 0) is 13.3 Å². The molecule has 1 unspecified atom stereocenters. The highest BCUT2D eigenvalue weighted by molar-refractivity contribution is 4.51. The number of hydrogen-bond acceptors (Lipinski definition) is 7. The highest BCUT2D eigenvalue weighted by Crippen LogP contribution is 1.98. The van der Waals surface area contributed by atoms with Crippen LogP contribution in [0.15, 0.2) is 0 Å². The summed E-state index contributed by atoms with van der Waals surface area (Å²) in [6.07, 6.45) is 1.00. The minimum atomic E-state index is 0.0458. The summed E-state index contributed by atoms with van der Waals surface area (Å²) in [7, 11) is 0. The molecule has 0 bridgehead atoms. The summed E-state index contributed by atoms with van der Waals surface area (Å²) in [5.41, 5.74) is 0. The van der Waals surface area contributed by atoms with Crippen LogP contribution in [0.25, 0.3) is 0 Å². The van der Waals surface area contributed by atoms with Crippen LogP contribution >= 0.6 is 0 Å². The van der Waals surface area contributed by atoms with Gasteiger partial charge in [-0.25, -0.2) is 0 Å². The zero-order chi connectivity index (χ0) is 17.9. The molecule has 146 valence electrons. The Bertz CT molecular complexity index is 243. The van der Waals surface area contributed by atoms with Crippen molar-refractivity contribution in [3.63, 3.8) is 0 Å². The van der Waals surface area contributed by atoms with Gasteiger partial charge in [0.15, 0.2) is 0 Å². The fourth-order valence-corrected chi connectivity index (χ4v) is 1.77. The molecule has 0 aliphatic rings. The van der Waals surface area contributed by atoms with Crippen molar-refractivity contribution >= 4 is 0 Å². The summed E-state index contributed by atoms with van der Waals surface area (Å²) in [4.78, 5) is 0. The average molecular weight is 351 g/mol. The third kappa shape index (κ3) is 19.8. The molecule has 0 rings (SSSR count). The predicted octanol–water partition coefficient (Wildman–Crippen LogP) is 0.838. The van der Waals surface area contributed by atoms with E-state index in [0.29, 0.717) is 65.5 Å². The predicted molar refractivity (Wildman–Crippen MR) is 93.5 cm³/mol. The Morgan fingerprint density at radius 2 is 1.25 bits per heavy atom. The van der Waals surface area contributed by atoms with Crippen LogP contribution in [0.5, 0.6) is 0 Å². The van der Waals surface area contributed by atoms with Gasteiger partial charge >= 0.3 is 0 Å². The van der Waals surface area contributed by atoms with Crippen molar-refractivity contribution in [3.05, 3.63) is 0 Å². The van der Waals surface area contributed by atoms with Gasteiger partial charge in [0, 0.05) is 19.2 Å². The summed E-state index contributed by atoms with van der Waals surface area (Å²) < 4.78 is 27.0. The number of rotatable bonds is 19. The molecular weight excluding hydrogens is 314 g/mol. The molecule has 0 heterocycles. The molecule has 0 spiro atoms. The second kappa shape index (κ2) is 19.1. The van der Waals surface area contributed by atoms with Gasteiger partial charge in [-0.1, -0.05) is 13.8 Å². The first-order valence-corrected chi connectivity index (χ1v) is 8.93. The van der Waals surface area contributed by atoms with E-state index in [2.05, 4.69) is 19.2 Å². The molecule has 0 fully saturated rings. The normalized spacial score (nSPS) is 12.9. The second-order valence-electron chi connectivity index (χ2n) is 5.75. The summed E-state index contributed by atoms with van der Waals surface area (Å²) in [5.74, 6) is 0. The van der Waals surface area contributed by atoms with Crippen LogP contribution in [0, 0.1) is 0 Å². The molecule has 0 aromatic rings. The van der Waals surface area contributed by atoms with E-state index < -0.39 is 0 Å². The second-order valence-corrected chi connectivity index (χ2v) is 5.75. The van der Waals surface area contributed by atoms with Crippen molar-refractivity contribution in [2.75, 3.05) is 72.6 Å². The molecule has 7 heteroatoms. The van der Waals surface area contributed by atoms with Gasteiger partial charge in [0.05, 0.1) is 65.6 Å². The molecule has 0 aliphatic heterocycles. The number of ether oxygens (including phenoxy) is 5. The van der Waals surface area contributed by atoms with Crippen LogP contribution < -0.4 is 5.32 Å². The molecular formula is C17H37NO6. The van der Waals surface area contributed by atoms with Crippen LogP contribution in [0.3, 0.4) is 0 Å². The van der Waals surface area contributed by atoms with E-state index in [1.165, 1.54) is 0 Å². The quantitative estimate of drug-likeness (QED) is 0.334. The van der Waals surface area contributed by atoms with Crippen molar-refractivity contribution in [1.29, 1.82) is 0 Å². The molecule has 0 saturated heterocycles. The number of hydrogen-bond donors (Lipinski definition) is 2. The lowest BCUT2D eigenvalue weighted by Gasteiger charge is -2.13. The SMILES string of the molecule is CC(C)NCCOCCOCCC(C)OCCOCCOCCO. The van der Waals surface area contributed by atoms with E-state index in [-0.39, 0.29) is 12.7 Å². The van der Waals surface area contributed by atoms with Crippen molar-refractivity contribution in [2.24, 2.45) is 0 Å². The summed E-state index contributed by atoms with van der Waals surface area (Å²) in [5, 5.41) is 11.8. The van der Waals surface area contributed by atoms with E-state index >= 15 is 0 Å². The summed E-state index contributed by atoms with van der Waals surface area (Å²) in [6, 6.07) is 0.497. The molecule has 0 aromatic carbocycles. The standard InChI is InChI=1S/C17H37NO6/c1-16(2)18-5-8-21-11-10-20-7-4-17(3)24-15-14-23-13-12-22-9-6-19/h16-19H,4-15H2,1-3H3. The Balaban J connectivity index is 3.14. The maximum Gasteiger partial charge on any atom is 0.0704 e. The zero-order valence-electron chi connectivity index (χ0n) is 15.6. The maximum absolute atomic E-state index is 8.53. The Hall–Kier alpha value is -0.280. The average Bonchev–Trinajstić information content (AvgIpc) is 2.55. The lowest BCUT2D eigenvalue weighted by molar-refractivity contribution is -0.0219. The molecule has 0 aromatic heterocycles. The van der Waals surface area contributed by atoms with Crippen molar-refractivity contribution in [1.82, 2.24) is 5.32 Å². The highest BCUT2D eigenvalue weighted by atomic mass is 16.5. The summed E-state index contributed by atoms with van der Waals surface area (Å²) in [6.45, 7) is 12.3. The van der Waals surface area contributed by atoms with Crippen LogP contribution in [0.4, 0.5) is 0 Å². The largest absolute Gasteiger partial charge is 0.394 e. The molecule has 24 heavy (non-hydrogen) atoms. The Morgan fingerprint density at radius 3 is 1.88 bits per heavy atom. The van der Waals surface area contributed by atoms with Crippen LogP contribution in [0.1, 0.15) is 27.2 Å². The molecule has 0 aliphatic carbocycles. The molecule has 0 amide bonds. The molecule has 2 N–H and O–H groups in total. The molecule has 0 saturated carbocycles. The van der Waals surface area contributed by atoms with Crippen molar-refractivity contribution in [3.8, 4) is 0 Å². The topological polar surface area (TPSA) is 78.4 Å². The van der Waals surface area contributed by atoms with Crippen LogP contribution in [0.2, 0.25) is 0 Å². The minimum Gasteiger partial charge on any atom is -0.394 e. The summed E-state index contributed by atoms with van der Waals surface area (Å²) >= 11 is 0. The smallest absolute Gasteiger partial charge is 0.0704 e. The molecule has 7 nitrogen and oxygen atoms in total. The van der Waals surface area contributed by atoms with E-state index in [0.717, 1.165) is 13.0 Å². The lowest BCUT2D eigenvalue weighted by Crippen LogP contribution is -2.27. The first kappa shape index (κ1) is 23.7. The molecule has 1 atom stereocenters. The van der Waals surface area contributed by atoms with E-state index in [4.69, 9.17) is 28.8 Å². The van der Waals surface area contributed by atoms with Gasteiger partial charge in [-0.3, -0.25) is 0 Å². The van der Waals surface area contributed by atoms with Gasteiger partial charge < -0.3 is 34.1 Å². The number of aliphatic hydroxyl groups is 1. The first-order valence-electron chi connectivity index (χ1n) is 8.93. The van der Waals surface area contributed by atoms with Crippen LogP contribution in [-0.4, -0.2) is 89.9 Å². The Labute approximate surface area is 146 Å². The third-order valence-electron chi connectivity index (χ3n) is 3.08. The fraction of sp³-hybridized carbons (Fsp3) is 1.00. The van der Waals surface area contributed by atoms with Gasteiger partial charge in [0.2, 0.25) is 0 Å². The number of nitrogens with one attached hydrogen (secondary N) is 1. The van der Waals surface area contributed by atoms with E-state index in [1.54, 1.807) is 0 Å². The molecule has 0 radical (unpaired) electrons. The first-order chi connectivity index (χ1) is 11.7. The monoisotopic (exact) mass is 351 g/mol. The number of aliphatic hydroxyl groups excluding tert-OH is 1. The fourth-order valence-electron chi connectivity index (χ4n) is 1.77. The Kier molecular flexibility index (Phi) is 18.8. The van der Waals surface area contributed by atoms with E-state index in [1.807, 2.05) is 6.92 Å². The van der Waals surface area contributed by atoms with Crippen molar-refractivity contribution in [2.45, 2.75) is 39.3 Å². The van der Waals surface area contributed by atoms with E-state index in [9.17, 15) is 0 Å².